The summed E-state index contributed by atoms with van der Waals surface area (Å²) in [5, 5.41) is 4.15. The van der Waals surface area contributed by atoms with Crippen molar-refractivity contribution in [2.45, 2.75) is 25.2 Å². The first kappa shape index (κ1) is 18.6. The van der Waals surface area contributed by atoms with Crippen LogP contribution in [0.2, 0.25) is 0 Å². The second kappa shape index (κ2) is 8.52. The van der Waals surface area contributed by atoms with Gasteiger partial charge in [-0.05, 0) is 62.2 Å². The molecule has 0 atom stereocenters. The Morgan fingerprint density at radius 1 is 1.14 bits per heavy atom. The summed E-state index contributed by atoms with van der Waals surface area (Å²) in [5.41, 5.74) is 2.06. The lowest BCUT2D eigenvalue weighted by atomic mass is 9.96. The minimum atomic E-state index is -0.183. The van der Waals surface area contributed by atoms with Gasteiger partial charge in [-0.3, -0.25) is 0 Å². The molecule has 2 heterocycles. The molecule has 2 aromatic carbocycles. The number of halogens is 1. The average Bonchev–Trinajstić information content (AvgIpc) is 3.24. The fourth-order valence-corrected chi connectivity index (χ4v) is 3.62. The Bertz CT molecular complexity index is 902. The fourth-order valence-electron chi connectivity index (χ4n) is 3.62. The van der Waals surface area contributed by atoms with Crippen LogP contribution in [0, 0.1) is 5.82 Å². The van der Waals surface area contributed by atoms with Gasteiger partial charge in [-0.2, -0.15) is 4.98 Å². The molecule has 1 aliphatic heterocycles. The van der Waals surface area contributed by atoms with Crippen LogP contribution in [0.15, 0.2) is 53.1 Å². The maximum absolute atomic E-state index is 13.0. The van der Waals surface area contributed by atoms with Gasteiger partial charge in [-0.1, -0.05) is 29.4 Å². The van der Waals surface area contributed by atoms with Crippen molar-refractivity contribution < 1.29 is 13.7 Å². The highest BCUT2D eigenvalue weighted by molar-refractivity contribution is 5.56. The molecule has 0 N–H and O–H groups in total. The molecule has 146 valence electrons. The second-order valence-electron chi connectivity index (χ2n) is 7.18. The van der Waals surface area contributed by atoms with Crippen molar-refractivity contribution in [1.82, 2.24) is 15.0 Å². The van der Waals surface area contributed by atoms with Crippen LogP contribution >= 0.6 is 0 Å². The number of aromatic nitrogens is 2. The molecule has 1 aromatic heterocycles. The standard InChI is InChI=1S/C22H24FN3O2/c1-27-20-4-2-3-18(15-20)21-24-22(28-25-21)17-10-13-26(14-11-17)12-9-16-5-7-19(23)8-6-16/h2-8,15,17H,9-14H2,1H3. The number of piperidine rings is 1. The number of benzene rings is 2. The van der Waals surface area contributed by atoms with Gasteiger partial charge in [0, 0.05) is 18.0 Å². The normalized spacial score (nSPS) is 15.6. The lowest BCUT2D eigenvalue weighted by molar-refractivity contribution is 0.196. The van der Waals surface area contributed by atoms with Crippen molar-refractivity contribution in [2.75, 3.05) is 26.7 Å². The minimum absolute atomic E-state index is 0.183. The van der Waals surface area contributed by atoms with E-state index < -0.39 is 0 Å². The Balaban J connectivity index is 1.31. The summed E-state index contributed by atoms with van der Waals surface area (Å²) in [5.74, 6) is 2.22. The summed E-state index contributed by atoms with van der Waals surface area (Å²) in [6.45, 7) is 2.99. The van der Waals surface area contributed by atoms with Gasteiger partial charge in [0.1, 0.15) is 11.6 Å². The zero-order chi connectivity index (χ0) is 19.3. The van der Waals surface area contributed by atoms with Gasteiger partial charge in [0.25, 0.3) is 0 Å². The highest BCUT2D eigenvalue weighted by Gasteiger charge is 2.25. The molecule has 3 aromatic rings. The van der Waals surface area contributed by atoms with Crippen LogP contribution < -0.4 is 4.74 Å². The lowest BCUT2D eigenvalue weighted by Gasteiger charge is -2.30. The van der Waals surface area contributed by atoms with Crippen LogP contribution in [0.3, 0.4) is 0 Å². The zero-order valence-electron chi connectivity index (χ0n) is 16.0. The molecule has 5 nitrogen and oxygen atoms in total. The molecule has 0 spiro atoms. The molecule has 28 heavy (non-hydrogen) atoms. The van der Waals surface area contributed by atoms with Crippen molar-refractivity contribution in [3.05, 3.63) is 65.8 Å². The van der Waals surface area contributed by atoms with Gasteiger partial charge < -0.3 is 14.2 Å². The molecule has 0 amide bonds. The van der Waals surface area contributed by atoms with E-state index in [1.165, 1.54) is 17.7 Å². The van der Waals surface area contributed by atoms with E-state index in [-0.39, 0.29) is 5.82 Å². The van der Waals surface area contributed by atoms with Crippen LogP contribution in [-0.4, -0.2) is 41.8 Å². The molecule has 4 rings (SSSR count). The lowest BCUT2D eigenvalue weighted by Crippen LogP contribution is -2.34. The highest BCUT2D eigenvalue weighted by atomic mass is 19.1. The summed E-state index contributed by atoms with van der Waals surface area (Å²) in [4.78, 5) is 7.06. The van der Waals surface area contributed by atoms with Crippen LogP contribution in [-0.2, 0) is 6.42 Å². The number of methoxy groups -OCH3 is 1. The Morgan fingerprint density at radius 3 is 2.68 bits per heavy atom. The van der Waals surface area contributed by atoms with Crippen molar-refractivity contribution in [2.24, 2.45) is 0 Å². The van der Waals surface area contributed by atoms with E-state index in [0.29, 0.717) is 11.7 Å². The highest BCUT2D eigenvalue weighted by Crippen LogP contribution is 2.29. The molecule has 6 heteroatoms. The van der Waals surface area contributed by atoms with Crippen molar-refractivity contribution in [3.8, 4) is 17.1 Å². The van der Waals surface area contributed by atoms with E-state index in [0.717, 1.165) is 56.1 Å². The van der Waals surface area contributed by atoms with Crippen LogP contribution in [0.1, 0.15) is 30.2 Å². The van der Waals surface area contributed by atoms with Gasteiger partial charge in [-0.15, -0.1) is 0 Å². The topological polar surface area (TPSA) is 51.4 Å². The maximum Gasteiger partial charge on any atom is 0.230 e. The number of ether oxygens (including phenoxy) is 1. The predicted molar refractivity (Wildman–Crippen MR) is 105 cm³/mol. The fraction of sp³-hybridized carbons (Fsp3) is 0.364. The van der Waals surface area contributed by atoms with E-state index in [1.807, 2.05) is 36.4 Å². The summed E-state index contributed by atoms with van der Waals surface area (Å²) >= 11 is 0. The van der Waals surface area contributed by atoms with Crippen molar-refractivity contribution >= 4 is 0 Å². The van der Waals surface area contributed by atoms with Gasteiger partial charge in [0.05, 0.1) is 7.11 Å². The van der Waals surface area contributed by atoms with Crippen molar-refractivity contribution in [3.63, 3.8) is 0 Å². The molecular weight excluding hydrogens is 357 g/mol. The molecule has 0 radical (unpaired) electrons. The molecule has 0 saturated carbocycles. The summed E-state index contributed by atoms with van der Waals surface area (Å²) in [6, 6.07) is 14.5. The monoisotopic (exact) mass is 381 g/mol. The molecular formula is C22H24FN3O2. The number of hydrogen-bond acceptors (Lipinski definition) is 5. The first-order valence-corrected chi connectivity index (χ1v) is 9.66. The second-order valence-corrected chi connectivity index (χ2v) is 7.18. The number of nitrogens with zero attached hydrogens (tertiary/aromatic N) is 3. The summed E-state index contributed by atoms with van der Waals surface area (Å²) in [7, 11) is 1.64. The van der Waals surface area contributed by atoms with E-state index in [9.17, 15) is 4.39 Å². The van der Waals surface area contributed by atoms with Crippen LogP contribution in [0.5, 0.6) is 5.75 Å². The van der Waals surface area contributed by atoms with E-state index in [1.54, 1.807) is 7.11 Å². The molecule has 0 aliphatic carbocycles. The number of rotatable bonds is 6. The minimum Gasteiger partial charge on any atom is -0.497 e. The molecule has 1 fully saturated rings. The Kier molecular flexibility index (Phi) is 5.67. The average molecular weight is 381 g/mol. The van der Waals surface area contributed by atoms with E-state index in [2.05, 4.69) is 15.0 Å². The summed E-state index contributed by atoms with van der Waals surface area (Å²) in [6.07, 6.45) is 2.94. The molecule has 0 bridgehead atoms. The van der Waals surface area contributed by atoms with Gasteiger partial charge in [0.2, 0.25) is 11.7 Å². The first-order valence-electron chi connectivity index (χ1n) is 9.66. The zero-order valence-corrected chi connectivity index (χ0v) is 16.0. The van der Waals surface area contributed by atoms with Gasteiger partial charge >= 0.3 is 0 Å². The van der Waals surface area contributed by atoms with Crippen LogP contribution in [0.25, 0.3) is 11.4 Å². The molecule has 1 aliphatic rings. The SMILES string of the molecule is COc1cccc(-c2noc(C3CCN(CCc4ccc(F)cc4)CC3)n2)c1. The third-order valence-corrected chi connectivity index (χ3v) is 5.34. The quantitative estimate of drug-likeness (QED) is 0.637. The Morgan fingerprint density at radius 2 is 1.93 bits per heavy atom. The first-order chi connectivity index (χ1) is 13.7. The predicted octanol–water partition coefficient (Wildman–Crippen LogP) is 4.31. The van der Waals surface area contributed by atoms with Gasteiger partial charge in [0.15, 0.2) is 0 Å². The number of likely N-dealkylation sites (tertiary alicyclic amines) is 1. The third kappa shape index (κ3) is 4.39. The molecule has 0 unspecified atom stereocenters. The largest absolute Gasteiger partial charge is 0.497 e. The van der Waals surface area contributed by atoms with Crippen LogP contribution in [0.4, 0.5) is 4.39 Å². The number of hydrogen-bond donors (Lipinski definition) is 0. The van der Waals surface area contributed by atoms with E-state index in [4.69, 9.17) is 9.26 Å². The van der Waals surface area contributed by atoms with Crippen molar-refractivity contribution in [1.29, 1.82) is 0 Å². The van der Waals surface area contributed by atoms with E-state index >= 15 is 0 Å². The van der Waals surface area contributed by atoms with Gasteiger partial charge in [-0.25, -0.2) is 4.39 Å². The molecule has 1 saturated heterocycles. The smallest absolute Gasteiger partial charge is 0.230 e. The maximum atomic E-state index is 13.0. The Labute approximate surface area is 164 Å². The third-order valence-electron chi connectivity index (χ3n) is 5.34. The Hall–Kier alpha value is -2.73. The summed E-state index contributed by atoms with van der Waals surface area (Å²) < 4.78 is 23.8.